The summed E-state index contributed by atoms with van der Waals surface area (Å²) < 4.78 is 0. The van der Waals surface area contributed by atoms with E-state index in [1.807, 2.05) is 6.07 Å². The second kappa shape index (κ2) is 3.98. The monoisotopic (exact) mass is 206 g/mol. The number of aryl methyl sites for hydroxylation is 2. The molecule has 0 aliphatic heterocycles. The van der Waals surface area contributed by atoms with Crippen LogP contribution in [0.15, 0.2) is 12.1 Å². The van der Waals surface area contributed by atoms with Crippen LogP contribution >= 0.6 is 11.6 Å². The van der Waals surface area contributed by atoms with E-state index >= 15 is 0 Å². The number of aromatic nitrogens is 1. The van der Waals surface area contributed by atoms with Crippen molar-refractivity contribution < 1.29 is 0 Å². The van der Waals surface area contributed by atoms with Crippen molar-refractivity contribution in [1.82, 2.24) is 4.98 Å². The summed E-state index contributed by atoms with van der Waals surface area (Å²) in [5.74, 6) is 0.0602. The standard InChI is InChI=1S/C11H11ClN2/c12-6-9(7-13)11-5-4-8-2-1-3-10(8)14-11/h4-5,9H,1-3,6H2. The molecule has 1 aromatic heterocycles. The van der Waals surface area contributed by atoms with E-state index in [9.17, 15) is 0 Å². The zero-order valence-electron chi connectivity index (χ0n) is 7.83. The molecule has 0 N–H and O–H groups in total. The Kier molecular flexibility index (Phi) is 2.69. The van der Waals surface area contributed by atoms with Gasteiger partial charge in [-0.3, -0.25) is 4.98 Å². The Labute approximate surface area is 88.5 Å². The molecule has 1 aromatic rings. The fraction of sp³-hybridized carbons (Fsp3) is 0.455. The highest BCUT2D eigenvalue weighted by atomic mass is 35.5. The van der Waals surface area contributed by atoms with Gasteiger partial charge >= 0.3 is 0 Å². The average Bonchev–Trinajstić information content (AvgIpc) is 2.66. The number of hydrogen-bond donors (Lipinski definition) is 0. The number of rotatable bonds is 2. The van der Waals surface area contributed by atoms with Gasteiger partial charge in [0.05, 0.1) is 11.8 Å². The van der Waals surface area contributed by atoms with Crippen molar-refractivity contribution in [1.29, 1.82) is 5.26 Å². The quantitative estimate of drug-likeness (QED) is 0.697. The van der Waals surface area contributed by atoms with Gasteiger partial charge in [-0.15, -0.1) is 11.6 Å². The molecule has 1 unspecified atom stereocenters. The fourth-order valence-electron chi connectivity index (χ4n) is 1.81. The summed E-state index contributed by atoms with van der Waals surface area (Å²) in [6.07, 6.45) is 3.36. The number of pyridine rings is 1. The Morgan fingerprint density at radius 3 is 3.07 bits per heavy atom. The Bertz CT molecular complexity index is 381. The van der Waals surface area contributed by atoms with Crippen molar-refractivity contribution in [2.24, 2.45) is 0 Å². The van der Waals surface area contributed by atoms with E-state index in [4.69, 9.17) is 16.9 Å². The number of nitrogens with zero attached hydrogens (tertiary/aromatic N) is 2. The third-order valence-electron chi connectivity index (χ3n) is 2.62. The number of hydrogen-bond acceptors (Lipinski definition) is 2. The zero-order valence-corrected chi connectivity index (χ0v) is 8.59. The minimum atomic E-state index is -0.262. The van der Waals surface area contributed by atoms with Crippen molar-refractivity contribution in [3.05, 3.63) is 29.1 Å². The highest BCUT2D eigenvalue weighted by molar-refractivity contribution is 6.18. The molecule has 0 amide bonds. The van der Waals surface area contributed by atoms with Gasteiger partial charge in [-0.05, 0) is 30.9 Å². The summed E-state index contributed by atoms with van der Waals surface area (Å²) in [7, 11) is 0. The maximum Gasteiger partial charge on any atom is 0.102 e. The first-order chi connectivity index (χ1) is 6.85. The molecule has 0 bridgehead atoms. The lowest BCUT2D eigenvalue weighted by molar-refractivity contribution is 0.873. The largest absolute Gasteiger partial charge is 0.256 e. The molecule has 0 fully saturated rings. The summed E-state index contributed by atoms with van der Waals surface area (Å²) in [5.41, 5.74) is 3.32. The molecule has 1 heterocycles. The van der Waals surface area contributed by atoms with Crippen molar-refractivity contribution in [2.75, 3.05) is 5.88 Å². The number of alkyl halides is 1. The zero-order chi connectivity index (χ0) is 9.97. The summed E-state index contributed by atoms with van der Waals surface area (Å²) in [6.45, 7) is 0. The van der Waals surface area contributed by atoms with Gasteiger partial charge < -0.3 is 0 Å². The van der Waals surface area contributed by atoms with E-state index in [0.717, 1.165) is 24.2 Å². The first kappa shape index (κ1) is 9.48. The van der Waals surface area contributed by atoms with Crippen LogP contribution in [-0.2, 0) is 12.8 Å². The lowest BCUT2D eigenvalue weighted by atomic mass is 10.1. The van der Waals surface area contributed by atoms with Gasteiger partial charge in [0.15, 0.2) is 0 Å². The Morgan fingerprint density at radius 1 is 1.50 bits per heavy atom. The SMILES string of the molecule is N#CC(CCl)c1ccc2c(n1)CCC2. The van der Waals surface area contributed by atoms with Gasteiger partial charge in [-0.25, -0.2) is 0 Å². The number of nitriles is 1. The molecule has 3 heteroatoms. The molecule has 0 saturated heterocycles. The summed E-state index contributed by atoms with van der Waals surface area (Å²) >= 11 is 5.69. The lowest BCUT2D eigenvalue weighted by Gasteiger charge is -2.06. The van der Waals surface area contributed by atoms with Crippen molar-refractivity contribution in [2.45, 2.75) is 25.2 Å². The Hall–Kier alpha value is -1.07. The van der Waals surface area contributed by atoms with Crippen LogP contribution in [0.2, 0.25) is 0 Å². The lowest BCUT2D eigenvalue weighted by Crippen LogP contribution is -2.02. The van der Waals surface area contributed by atoms with E-state index in [1.54, 1.807) is 0 Å². The molecule has 0 radical (unpaired) electrons. The predicted octanol–water partition coefficient (Wildman–Crippen LogP) is 2.42. The van der Waals surface area contributed by atoms with Crippen LogP contribution in [0, 0.1) is 11.3 Å². The van der Waals surface area contributed by atoms with Crippen LogP contribution in [0.25, 0.3) is 0 Å². The second-order valence-electron chi connectivity index (χ2n) is 3.53. The summed E-state index contributed by atoms with van der Waals surface area (Å²) in [5, 5.41) is 8.85. The van der Waals surface area contributed by atoms with Crippen LogP contribution in [0.4, 0.5) is 0 Å². The third-order valence-corrected chi connectivity index (χ3v) is 2.93. The first-order valence-electron chi connectivity index (χ1n) is 4.79. The topological polar surface area (TPSA) is 36.7 Å². The van der Waals surface area contributed by atoms with E-state index in [0.29, 0.717) is 5.88 Å². The third kappa shape index (κ3) is 1.60. The van der Waals surface area contributed by atoms with E-state index in [-0.39, 0.29) is 5.92 Å². The molecular weight excluding hydrogens is 196 g/mol. The smallest absolute Gasteiger partial charge is 0.102 e. The van der Waals surface area contributed by atoms with Gasteiger partial charge in [0.25, 0.3) is 0 Å². The minimum Gasteiger partial charge on any atom is -0.256 e. The van der Waals surface area contributed by atoms with Crippen molar-refractivity contribution >= 4 is 11.6 Å². The van der Waals surface area contributed by atoms with Gasteiger partial charge in [0.2, 0.25) is 0 Å². The van der Waals surface area contributed by atoms with Crippen LogP contribution in [0.1, 0.15) is 29.3 Å². The van der Waals surface area contributed by atoms with Crippen molar-refractivity contribution in [3.63, 3.8) is 0 Å². The van der Waals surface area contributed by atoms with Gasteiger partial charge in [-0.2, -0.15) is 5.26 Å². The molecular formula is C11H11ClN2. The highest BCUT2D eigenvalue weighted by Gasteiger charge is 2.16. The predicted molar refractivity (Wildman–Crippen MR) is 55.3 cm³/mol. The number of halogens is 1. The highest BCUT2D eigenvalue weighted by Crippen LogP contribution is 2.23. The fourth-order valence-corrected chi connectivity index (χ4v) is 2.04. The molecule has 2 rings (SSSR count). The van der Waals surface area contributed by atoms with Crippen LogP contribution in [0.5, 0.6) is 0 Å². The molecule has 1 aliphatic rings. The molecule has 0 spiro atoms. The number of fused-ring (bicyclic) bond motifs is 1. The Morgan fingerprint density at radius 2 is 2.36 bits per heavy atom. The second-order valence-corrected chi connectivity index (χ2v) is 3.84. The maximum atomic E-state index is 8.85. The van der Waals surface area contributed by atoms with Gasteiger partial charge in [0, 0.05) is 11.6 Å². The molecule has 2 nitrogen and oxygen atoms in total. The van der Waals surface area contributed by atoms with E-state index in [2.05, 4.69) is 17.1 Å². The molecule has 1 aliphatic carbocycles. The van der Waals surface area contributed by atoms with Crippen LogP contribution in [-0.4, -0.2) is 10.9 Å². The molecule has 0 aromatic carbocycles. The maximum absolute atomic E-state index is 8.85. The van der Waals surface area contributed by atoms with Crippen LogP contribution in [0.3, 0.4) is 0 Å². The first-order valence-corrected chi connectivity index (χ1v) is 5.33. The minimum absolute atomic E-state index is 0.262. The molecule has 1 atom stereocenters. The summed E-state index contributed by atoms with van der Waals surface area (Å²) in [6, 6.07) is 6.18. The van der Waals surface area contributed by atoms with E-state index < -0.39 is 0 Å². The van der Waals surface area contributed by atoms with Gasteiger partial charge in [0.1, 0.15) is 5.92 Å². The Balaban J connectivity index is 2.33. The van der Waals surface area contributed by atoms with Crippen LogP contribution < -0.4 is 0 Å². The normalized spacial score (nSPS) is 16.0. The molecule has 72 valence electrons. The molecule has 0 saturated carbocycles. The van der Waals surface area contributed by atoms with Crippen molar-refractivity contribution in [3.8, 4) is 6.07 Å². The van der Waals surface area contributed by atoms with E-state index in [1.165, 1.54) is 12.0 Å². The molecule has 14 heavy (non-hydrogen) atoms. The van der Waals surface area contributed by atoms with Gasteiger partial charge in [-0.1, -0.05) is 6.07 Å². The average molecular weight is 207 g/mol. The summed E-state index contributed by atoms with van der Waals surface area (Å²) in [4.78, 5) is 4.49.